The zero-order chi connectivity index (χ0) is 29.2. The number of carbonyl (C=O) groups is 2. The van der Waals surface area contributed by atoms with Crippen LogP contribution in [0.1, 0.15) is 51.6 Å². The van der Waals surface area contributed by atoms with Gasteiger partial charge < -0.3 is 31.0 Å². The highest BCUT2D eigenvalue weighted by Crippen LogP contribution is 2.29. The van der Waals surface area contributed by atoms with Gasteiger partial charge in [-0.05, 0) is 55.6 Å². The van der Waals surface area contributed by atoms with E-state index in [4.69, 9.17) is 22.1 Å². The molecule has 2 saturated heterocycles. The van der Waals surface area contributed by atoms with Crippen molar-refractivity contribution >= 4 is 46.1 Å². The maximum atomic E-state index is 13.2. The van der Waals surface area contributed by atoms with Gasteiger partial charge in [-0.3, -0.25) is 14.4 Å². The minimum atomic E-state index is -0.684. The number of halogens is 1. The molecule has 2 aromatic carbocycles. The van der Waals surface area contributed by atoms with Crippen LogP contribution in [0.25, 0.3) is 11.0 Å². The summed E-state index contributed by atoms with van der Waals surface area (Å²) in [6.07, 6.45) is 4.51. The minimum absolute atomic E-state index is 0.138. The molecule has 42 heavy (non-hydrogen) atoms. The predicted molar refractivity (Wildman–Crippen MR) is 160 cm³/mol. The first kappa shape index (κ1) is 27.8. The number of carbonyl (C=O) groups excluding carboxylic acids is 2. The molecular formula is C30H30ClN7O4. The van der Waals surface area contributed by atoms with Crippen molar-refractivity contribution in [3.63, 3.8) is 0 Å². The van der Waals surface area contributed by atoms with E-state index in [1.165, 1.54) is 18.2 Å². The number of pyridine rings is 1. The van der Waals surface area contributed by atoms with Gasteiger partial charge in [0, 0.05) is 30.2 Å². The third-order valence-corrected chi connectivity index (χ3v) is 7.92. The second-order valence-corrected chi connectivity index (χ2v) is 10.9. The third kappa shape index (κ3) is 5.85. The van der Waals surface area contributed by atoms with Crippen LogP contribution in [0.2, 0.25) is 5.02 Å². The molecule has 4 aromatic rings. The van der Waals surface area contributed by atoms with Gasteiger partial charge >= 0.3 is 0 Å². The van der Waals surface area contributed by atoms with E-state index < -0.39 is 11.5 Å². The van der Waals surface area contributed by atoms with Crippen LogP contribution in [0.4, 0.5) is 11.6 Å². The maximum absolute atomic E-state index is 13.2. The molecule has 2 amide bonds. The van der Waals surface area contributed by atoms with Gasteiger partial charge in [-0.1, -0.05) is 41.9 Å². The quantitative estimate of drug-likeness (QED) is 0.244. The summed E-state index contributed by atoms with van der Waals surface area (Å²) in [5.74, 6) is -0.524. The van der Waals surface area contributed by atoms with Crippen molar-refractivity contribution in [1.82, 2.24) is 20.3 Å². The number of anilines is 2. The van der Waals surface area contributed by atoms with Crippen molar-refractivity contribution in [3.05, 3.63) is 92.9 Å². The summed E-state index contributed by atoms with van der Waals surface area (Å²) >= 11 is 6.35. The van der Waals surface area contributed by atoms with E-state index in [0.717, 1.165) is 18.4 Å². The van der Waals surface area contributed by atoms with Crippen LogP contribution in [-0.4, -0.2) is 58.6 Å². The van der Waals surface area contributed by atoms with Gasteiger partial charge in [0.2, 0.25) is 5.95 Å². The minimum Gasteiger partial charge on any atom is -0.371 e. The molecule has 0 spiro atoms. The zero-order valence-electron chi connectivity index (χ0n) is 22.7. The Kier molecular flexibility index (Phi) is 7.88. The second-order valence-electron chi connectivity index (χ2n) is 10.5. The summed E-state index contributed by atoms with van der Waals surface area (Å²) in [6.45, 7) is 1.79. The molecule has 2 fully saturated rings. The molecule has 6 rings (SSSR count). The molecule has 4 heterocycles. The van der Waals surface area contributed by atoms with E-state index >= 15 is 0 Å². The fourth-order valence-corrected chi connectivity index (χ4v) is 5.62. The molecular weight excluding hydrogens is 558 g/mol. The van der Waals surface area contributed by atoms with E-state index in [0.29, 0.717) is 43.0 Å². The summed E-state index contributed by atoms with van der Waals surface area (Å²) in [6, 6.07) is 15.3. The highest BCUT2D eigenvalue weighted by Gasteiger charge is 2.34. The van der Waals surface area contributed by atoms with Crippen molar-refractivity contribution in [2.45, 2.75) is 37.5 Å². The Labute approximate surface area is 246 Å². The number of morpholine rings is 1. The van der Waals surface area contributed by atoms with Crippen molar-refractivity contribution in [3.8, 4) is 0 Å². The normalized spacial score (nSPS) is 18.6. The van der Waals surface area contributed by atoms with Gasteiger partial charge in [-0.15, -0.1) is 0 Å². The third-order valence-electron chi connectivity index (χ3n) is 7.59. The van der Waals surface area contributed by atoms with Crippen molar-refractivity contribution in [2.24, 2.45) is 5.73 Å². The molecule has 2 aromatic heterocycles. The number of benzene rings is 2. The highest BCUT2D eigenvalue weighted by molar-refractivity contribution is 6.34. The molecule has 0 radical (unpaired) electrons. The fourth-order valence-electron chi connectivity index (χ4n) is 5.45. The number of nitrogens with zero attached hydrogens (tertiary/aromatic N) is 3. The van der Waals surface area contributed by atoms with Crippen molar-refractivity contribution < 1.29 is 14.3 Å². The zero-order valence-corrected chi connectivity index (χ0v) is 23.4. The summed E-state index contributed by atoms with van der Waals surface area (Å²) in [5.41, 5.74) is 6.78. The van der Waals surface area contributed by atoms with Crippen LogP contribution in [-0.2, 0) is 4.74 Å². The van der Waals surface area contributed by atoms with E-state index in [-0.39, 0.29) is 46.0 Å². The molecule has 2 aliphatic rings. The average Bonchev–Trinajstić information content (AvgIpc) is 3.34. The Hall–Kier alpha value is -4.32. The van der Waals surface area contributed by atoms with Crippen molar-refractivity contribution in [1.29, 1.82) is 0 Å². The largest absolute Gasteiger partial charge is 0.371 e. The number of fused-ring (bicyclic) bond motifs is 3. The van der Waals surface area contributed by atoms with Crippen LogP contribution in [0.5, 0.6) is 0 Å². The number of hydrogen-bond donors (Lipinski definition) is 4. The van der Waals surface area contributed by atoms with Gasteiger partial charge in [0.05, 0.1) is 29.0 Å². The lowest BCUT2D eigenvalue weighted by Crippen LogP contribution is -2.43. The van der Waals surface area contributed by atoms with Gasteiger partial charge in [-0.25, -0.2) is 4.98 Å². The number of ether oxygens (including phenoxy) is 1. The second kappa shape index (κ2) is 11.9. The molecule has 0 saturated carbocycles. The van der Waals surface area contributed by atoms with Gasteiger partial charge in [0.15, 0.2) is 0 Å². The van der Waals surface area contributed by atoms with Gasteiger partial charge in [0.25, 0.3) is 17.4 Å². The Morgan fingerprint density at radius 3 is 2.60 bits per heavy atom. The van der Waals surface area contributed by atoms with Gasteiger partial charge in [0.1, 0.15) is 11.2 Å². The number of rotatable bonds is 8. The monoisotopic (exact) mass is 587 g/mol. The number of nitrogens with two attached hydrogens (primary N) is 1. The molecule has 3 atom stereocenters. The number of H-pyrrole nitrogens is 1. The van der Waals surface area contributed by atoms with E-state index in [1.807, 2.05) is 30.3 Å². The Morgan fingerprint density at radius 1 is 1.10 bits per heavy atom. The summed E-state index contributed by atoms with van der Waals surface area (Å²) in [7, 11) is 0. The van der Waals surface area contributed by atoms with E-state index in [9.17, 15) is 14.4 Å². The van der Waals surface area contributed by atoms with Crippen LogP contribution < -0.4 is 26.8 Å². The molecule has 0 aliphatic carbocycles. The van der Waals surface area contributed by atoms with Gasteiger partial charge in [-0.2, -0.15) is 4.98 Å². The molecule has 2 aliphatic heterocycles. The Morgan fingerprint density at radius 2 is 1.86 bits per heavy atom. The number of aromatic amines is 1. The summed E-state index contributed by atoms with van der Waals surface area (Å²) in [5, 5.41) is 6.38. The standard InChI is InChI=1S/C30H30ClN7O4/c31-23-9-6-18(27(39)34-24(10-11-32)17-4-2-1-3-5-17)13-25(23)35-28(40)22-12-19-14-33-30(37-26(19)36-29(22)41)38-15-20-7-8-21(16-38)42-20/h1-6,9,12-14,20-21,24H,7-8,10-11,15-16,32H2,(H,34,39)(H,35,40)(H,33,36,37,41)/t20-,21?,24+/m0/s1. The number of amides is 2. The Balaban J connectivity index is 1.19. The lowest BCUT2D eigenvalue weighted by molar-refractivity contribution is 0.0299. The smallest absolute Gasteiger partial charge is 0.262 e. The van der Waals surface area contributed by atoms with E-state index in [1.54, 1.807) is 12.3 Å². The molecule has 12 heteroatoms. The molecule has 2 bridgehead atoms. The number of nitrogens with one attached hydrogen (secondary N) is 3. The van der Waals surface area contributed by atoms with Crippen LogP contribution in [0, 0.1) is 0 Å². The lowest BCUT2D eigenvalue weighted by Gasteiger charge is -2.32. The van der Waals surface area contributed by atoms with Crippen LogP contribution in [0.15, 0.2) is 65.6 Å². The molecule has 1 unspecified atom stereocenters. The first-order chi connectivity index (χ1) is 20.4. The summed E-state index contributed by atoms with van der Waals surface area (Å²) in [4.78, 5) is 53.0. The topological polar surface area (TPSA) is 155 Å². The Bertz CT molecular complexity index is 1680. The number of aromatic nitrogens is 3. The first-order valence-corrected chi connectivity index (χ1v) is 14.2. The molecule has 5 N–H and O–H groups in total. The predicted octanol–water partition coefficient (Wildman–Crippen LogP) is 3.41. The molecule has 216 valence electrons. The van der Waals surface area contributed by atoms with Crippen LogP contribution in [0.3, 0.4) is 0 Å². The van der Waals surface area contributed by atoms with E-state index in [2.05, 4.69) is 30.5 Å². The lowest BCUT2D eigenvalue weighted by atomic mass is 10.0. The van der Waals surface area contributed by atoms with Crippen molar-refractivity contribution in [2.75, 3.05) is 29.9 Å². The average molecular weight is 588 g/mol. The fraction of sp³-hybridized carbons (Fsp3) is 0.300. The SMILES string of the molecule is NCC[C@@H](NC(=O)c1ccc(Cl)c(NC(=O)c2cc3cnc(N4CC5CC[C@@H](C4)O5)nc3[nH]c2=O)c1)c1ccccc1. The number of hydrogen-bond acceptors (Lipinski definition) is 8. The highest BCUT2D eigenvalue weighted by atomic mass is 35.5. The van der Waals surface area contributed by atoms with Crippen LogP contribution >= 0.6 is 11.6 Å². The first-order valence-electron chi connectivity index (χ1n) is 13.8. The summed E-state index contributed by atoms with van der Waals surface area (Å²) < 4.78 is 5.88. The molecule has 11 nitrogen and oxygen atoms in total. The maximum Gasteiger partial charge on any atom is 0.262 e.